The maximum atomic E-state index is 15.2. The van der Waals surface area contributed by atoms with Crippen LogP contribution in [0.25, 0.3) is 28.0 Å². The van der Waals surface area contributed by atoms with E-state index in [4.69, 9.17) is 10.5 Å². The minimum atomic E-state index is -0.897. The number of hydrogen-bond acceptors (Lipinski definition) is 6. The van der Waals surface area contributed by atoms with Crippen molar-refractivity contribution in [1.82, 2.24) is 14.5 Å². The van der Waals surface area contributed by atoms with Crippen molar-refractivity contribution >= 4 is 22.5 Å². The summed E-state index contributed by atoms with van der Waals surface area (Å²) in [6.07, 6.45) is 1.34. The second-order valence-electron chi connectivity index (χ2n) is 8.43. The third kappa shape index (κ3) is 4.26. The van der Waals surface area contributed by atoms with E-state index >= 15 is 8.78 Å². The Morgan fingerprint density at radius 2 is 1.68 bits per heavy atom. The van der Waals surface area contributed by atoms with Crippen LogP contribution in [0.15, 0.2) is 60.9 Å². The van der Waals surface area contributed by atoms with Crippen molar-refractivity contribution < 1.29 is 23.0 Å². The highest BCUT2D eigenvalue weighted by Crippen LogP contribution is 2.40. The number of nitrogens with two attached hydrogens (primary N) is 1. The highest BCUT2D eigenvalue weighted by atomic mass is 19.1. The standard InChI is InChI=1S/C27H22F3N5O2/c1-14-24-26(27(34-13-33-24)32-12-15-3-6-18(37-2)7-4-15)35(17-5-8-22(36)19(28)11-17)25(14)23-20(29)9-16(31)10-21(23)30/h3-11,13,36H,12,31H2,1-2H3,(H,32,33,34). The number of fused-ring (bicyclic) bond motifs is 1. The predicted molar refractivity (Wildman–Crippen MR) is 135 cm³/mol. The molecule has 0 bridgehead atoms. The molecule has 188 valence electrons. The Morgan fingerprint density at radius 1 is 0.973 bits per heavy atom. The summed E-state index contributed by atoms with van der Waals surface area (Å²) in [5.74, 6) is -2.15. The van der Waals surface area contributed by atoms with Crippen molar-refractivity contribution in [2.24, 2.45) is 0 Å². The summed E-state index contributed by atoms with van der Waals surface area (Å²) in [5.41, 5.74) is 7.70. The summed E-state index contributed by atoms with van der Waals surface area (Å²) in [4.78, 5) is 8.74. The number of rotatable bonds is 6. The molecule has 0 saturated carbocycles. The summed E-state index contributed by atoms with van der Waals surface area (Å²) in [7, 11) is 1.58. The second-order valence-corrected chi connectivity index (χ2v) is 8.43. The van der Waals surface area contributed by atoms with Gasteiger partial charge in [0.25, 0.3) is 0 Å². The number of aromatic nitrogens is 3. The first-order valence-corrected chi connectivity index (χ1v) is 11.2. The van der Waals surface area contributed by atoms with Crippen molar-refractivity contribution in [3.63, 3.8) is 0 Å². The summed E-state index contributed by atoms with van der Waals surface area (Å²) in [6, 6.07) is 13.1. The molecule has 4 N–H and O–H groups in total. The van der Waals surface area contributed by atoms with E-state index in [0.29, 0.717) is 34.7 Å². The van der Waals surface area contributed by atoms with E-state index in [1.165, 1.54) is 23.0 Å². The van der Waals surface area contributed by atoms with Crippen LogP contribution in [0.2, 0.25) is 0 Å². The Hall–Kier alpha value is -4.73. The lowest BCUT2D eigenvalue weighted by atomic mass is 10.1. The number of nitrogen functional groups attached to an aromatic ring is 1. The molecule has 2 heterocycles. The molecule has 37 heavy (non-hydrogen) atoms. The van der Waals surface area contributed by atoms with Gasteiger partial charge in [-0.25, -0.2) is 23.1 Å². The van der Waals surface area contributed by atoms with Crippen molar-refractivity contribution in [3.8, 4) is 28.4 Å². The molecule has 0 aliphatic rings. The van der Waals surface area contributed by atoms with E-state index in [-0.39, 0.29) is 22.6 Å². The fraction of sp³-hybridized carbons (Fsp3) is 0.111. The fourth-order valence-corrected chi connectivity index (χ4v) is 4.33. The number of nitrogens with zero attached hydrogens (tertiary/aromatic N) is 3. The first-order valence-electron chi connectivity index (χ1n) is 11.2. The van der Waals surface area contributed by atoms with Gasteiger partial charge in [0.1, 0.15) is 29.2 Å². The van der Waals surface area contributed by atoms with Crippen LogP contribution in [0.4, 0.5) is 24.7 Å². The molecule has 3 aromatic carbocycles. The molecule has 5 aromatic rings. The SMILES string of the molecule is COc1ccc(CNc2ncnc3c(C)c(-c4c(F)cc(N)cc4F)n(-c4ccc(O)c(F)c4)c23)cc1. The number of anilines is 2. The lowest BCUT2D eigenvalue weighted by Gasteiger charge is -2.16. The number of phenols is 1. The Morgan fingerprint density at radius 3 is 2.32 bits per heavy atom. The number of phenolic OH excluding ortho intramolecular Hbond substituents is 1. The van der Waals surface area contributed by atoms with Gasteiger partial charge in [-0.2, -0.15) is 0 Å². The van der Waals surface area contributed by atoms with Crippen LogP contribution < -0.4 is 15.8 Å². The molecule has 0 radical (unpaired) electrons. The maximum absolute atomic E-state index is 15.2. The molecule has 0 saturated heterocycles. The van der Waals surface area contributed by atoms with Gasteiger partial charge in [0.05, 0.1) is 23.9 Å². The largest absolute Gasteiger partial charge is 0.505 e. The van der Waals surface area contributed by atoms with E-state index in [1.54, 1.807) is 14.0 Å². The number of hydrogen-bond donors (Lipinski definition) is 3. The first-order chi connectivity index (χ1) is 17.8. The summed E-state index contributed by atoms with van der Waals surface area (Å²) in [5, 5.41) is 13.0. The van der Waals surface area contributed by atoms with E-state index in [0.717, 1.165) is 23.8 Å². The second kappa shape index (κ2) is 9.38. The van der Waals surface area contributed by atoms with Crippen molar-refractivity contribution in [1.29, 1.82) is 0 Å². The molecule has 0 amide bonds. The zero-order valence-electron chi connectivity index (χ0n) is 19.9. The Kier molecular flexibility index (Phi) is 6.08. The number of ether oxygens (including phenoxy) is 1. The van der Waals surface area contributed by atoms with E-state index in [2.05, 4.69) is 15.3 Å². The van der Waals surface area contributed by atoms with Crippen LogP contribution in [-0.4, -0.2) is 26.8 Å². The van der Waals surface area contributed by atoms with Crippen LogP contribution in [0, 0.1) is 24.4 Å². The Bertz CT molecular complexity index is 1610. The maximum Gasteiger partial charge on any atom is 0.166 e. The third-order valence-electron chi connectivity index (χ3n) is 6.09. The molecule has 0 atom stereocenters. The van der Waals surface area contributed by atoms with Gasteiger partial charge in [-0.1, -0.05) is 12.1 Å². The highest BCUT2D eigenvalue weighted by molar-refractivity contribution is 5.97. The number of benzene rings is 3. The van der Waals surface area contributed by atoms with Gasteiger partial charge in [-0.15, -0.1) is 0 Å². The van der Waals surface area contributed by atoms with E-state index in [9.17, 15) is 9.50 Å². The van der Waals surface area contributed by atoms with Crippen LogP contribution in [0.3, 0.4) is 0 Å². The zero-order chi connectivity index (χ0) is 26.3. The summed E-state index contributed by atoms with van der Waals surface area (Å²) in [6.45, 7) is 2.03. The molecule has 0 fully saturated rings. The monoisotopic (exact) mass is 505 g/mol. The van der Waals surface area contributed by atoms with Gasteiger partial charge >= 0.3 is 0 Å². The molecular weight excluding hydrogens is 483 g/mol. The van der Waals surface area contributed by atoms with Crippen molar-refractivity contribution in [3.05, 3.63) is 89.5 Å². The minimum absolute atomic E-state index is 0.0728. The van der Waals surface area contributed by atoms with Crippen LogP contribution in [-0.2, 0) is 6.54 Å². The lowest BCUT2D eigenvalue weighted by Crippen LogP contribution is -2.06. The number of halogens is 3. The normalized spacial score (nSPS) is 11.2. The number of nitrogens with one attached hydrogen (secondary N) is 1. The van der Waals surface area contributed by atoms with Gasteiger partial charge < -0.3 is 25.5 Å². The molecule has 0 unspecified atom stereocenters. The van der Waals surface area contributed by atoms with Gasteiger partial charge in [0.2, 0.25) is 0 Å². The molecule has 0 spiro atoms. The number of aryl methyl sites for hydroxylation is 1. The molecule has 0 aliphatic carbocycles. The van der Waals surface area contributed by atoms with Crippen LogP contribution in [0.1, 0.15) is 11.1 Å². The lowest BCUT2D eigenvalue weighted by molar-refractivity contribution is 0.414. The van der Waals surface area contributed by atoms with Crippen LogP contribution >= 0.6 is 0 Å². The van der Waals surface area contributed by atoms with E-state index < -0.39 is 23.2 Å². The zero-order valence-corrected chi connectivity index (χ0v) is 19.9. The van der Waals surface area contributed by atoms with Gasteiger partial charge in [0.15, 0.2) is 17.4 Å². The summed E-state index contributed by atoms with van der Waals surface area (Å²) >= 11 is 0. The molecule has 2 aromatic heterocycles. The van der Waals surface area contributed by atoms with Gasteiger partial charge in [-0.05, 0) is 48.9 Å². The fourth-order valence-electron chi connectivity index (χ4n) is 4.33. The number of methoxy groups -OCH3 is 1. The average Bonchev–Trinajstić information content (AvgIpc) is 3.17. The summed E-state index contributed by atoms with van der Waals surface area (Å²) < 4.78 is 51.5. The molecular formula is C27H22F3N5O2. The molecule has 10 heteroatoms. The minimum Gasteiger partial charge on any atom is -0.505 e. The third-order valence-corrected chi connectivity index (χ3v) is 6.09. The number of aromatic hydroxyl groups is 1. The molecule has 7 nitrogen and oxygen atoms in total. The predicted octanol–water partition coefficient (Wildman–Crippen LogP) is 5.72. The average molecular weight is 506 g/mol. The molecule has 5 rings (SSSR count). The highest BCUT2D eigenvalue weighted by Gasteiger charge is 2.26. The smallest absolute Gasteiger partial charge is 0.166 e. The molecule has 0 aliphatic heterocycles. The van der Waals surface area contributed by atoms with Crippen molar-refractivity contribution in [2.75, 3.05) is 18.2 Å². The van der Waals surface area contributed by atoms with Crippen LogP contribution in [0.5, 0.6) is 11.5 Å². The van der Waals surface area contributed by atoms with Gasteiger partial charge in [0, 0.05) is 29.5 Å². The van der Waals surface area contributed by atoms with Gasteiger partial charge in [-0.3, -0.25) is 0 Å². The Balaban J connectivity index is 1.75. The van der Waals surface area contributed by atoms with Crippen molar-refractivity contribution in [2.45, 2.75) is 13.5 Å². The Labute approximate surface area is 210 Å². The first kappa shape index (κ1) is 24.0. The van der Waals surface area contributed by atoms with E-state index in [1.807, 2.05) is 24.3 Å². The quantitative estimate of drug-likeness (QED) is 0.255. The topological polar surface area (TPSA) is 98.2 Å².